The molecule has 114 valence electrons. The molecular weight excluding hydrogens is 270 g/mol. The first-order valence-corrected chi connectivity index (χ1v) is 7.52. The molecule has 1 aromatic rings. The second kappa shape index (κ2) is 5.79. The van der Waals surface area contributed by atoms with Crippen molar-refractivity contribution in [2.45, 2.75) is 19.8 Å². The molecule has 2 aliphatic rings. The van der Waals surface area contributed by atoms with Crippen LogP contribution in [0.4, 0.5) is 4.79 Å². The van der Waals surface area contributed by atoms with Gasteiger partial charge in [-0.1, -0.05) is 0 Å². The van der Waals surface area contributed by atoms with Gasteiger partial charge < -0.3 is 19.5 Å². The number of hydrogen-bond donors (Lipinski definition) is 1. The average Bonchev–Trinajstić information content (AvgIpc) is 3.24. The van der Waals surface area contributed by atoms with Crippen LogP contribution in [0.5, 0.6) is 0 Å². The van der Waals surface area contributed by atoms with Gasteiger partial charge in [0, 0.05) is 32.7 Å². The lowest BCUT2D eigenvalue weighted by Crippen LogP contribution is -2.53. The van der Waals surface area contributed by atoms with Gasteiger partial charge in [0.1, 0.15) is 5.76 Å². The summed E-state index contributed by atoms with van der Waals surface area (Å²) >= 11 is 0. The van der Waals surface area contributed by atoms with Gasteiger partial charge in [0.05, 0.1) is 0 Å². The summed E-state index contributed by atoms with van der Waals surface area (Å²) in [5.41, 5.74) is 0. The van der Waals surface area contributed by atoms with Crippen molar-refractivity contribution in [1.29, 1.82) is 0 Å². The summed E-state index contributed by atoms with van der Waals surface area (Å²) in [7, 11) is 0. The van der Waals surface area contributed by atoms with Crippen molar-refractivity contribution in [3.05, 3.63) is 23.7 Å². The Hall–Kier alpha value is -1.98. The number of carbonyl (C=O) groups is 2. The fraction of sp³-hybridized carbons (Fsp3) is 0.600. The van der Waals surface area contributed by atoms with E-state index in [-0.39, 0.29) is 11.9 Å². The Kier molecular flexibility index (Phi) is 3.86. The predicted octanol–water partition coefficient (Wildman–Crippen LogP) is 1.47. The zero-order valence-corrected chi connectivity index (χ0v) is 12.3. The minimum absolute atomic E-state index is 0.0113. The van der Waals surface area contributed by atoms with Crippen molar-refractivity contribution in [3.8, 4) is 0 Å². The highest BCUT2D eigenvalue weighted by Crippen LogP contribution is 2.27. The molecule has 0 radical (unpaired) electrons. The molecule has 6 heteroatoms. The highest BCUT2D eigenvalue weighted by molar-refractivity contribution is 5.91. The largest absolute Gasteiger partial charge is 0.456 e. The molecule has 3 amide bonds. The molecule has 1 aliphatic carbocycles. The van der Waals surface area contributed by atoms with E-state index in [4.69, 9.17) is 4.42 Å². The molecule has 21 heavy (non-hydrogen) atoms. The predicted molar refractivity (Wildman–Crippen MR) is 77.0 cm³/mol. The third-order valence-electron chi connectivity index (χ3n) is 4.04. The molecule has 1 aromatic heterocycles. The number of urea groups is 1. The van der Waals surface area contributed by atoms with E-state index in [1.807, 2.05) is 6.92 Å². The van der Waals surface area contributed by atoms with Gasteiger partial charge in [-0.15, -0.1) is 0 Å². The van der Waals surface area contributed by atoms with Gasteiger partial charge in [-0.3, -0.25) is 4.79 Å². The lowest BCUT2D eigenvalue weighted by Gasteiger charge is -2.34. The number of amides is 3. The second-order valence-corrected chi connectivity index (χ2v) is 5.82. The molecule has 0 aromatic carbocycles. The SMILES string of the molecule is Cc1ccc(C(=O)N2CCN(C(=O)NCC3CC3)CC2)o1. The molecule has 0 atom stereocenters. The number of furan rings is 1. The lowest BCUT2D eigenvalue weighted by molar-refractivity contribution is 0.0633. The molecule has 0 spiro atoms. The van der Waals surface area contributed by atoms with Gasteiger partial charge >= 0.3 is 6.03 Å². The van der Waals surface area contributed by atoms with Crippen LogP contribution in [-0.4, -0.2) is 54.5 Å². The number of nitrogens with zero attached hydrogens (tertiary/aromatic N) is 2. The van der Waals surface area contributed by atoms with Crippen LogP contribution in [0.15, 0.2) is 16.5 Å². The molecule has 0 bridgehead atoms. The van der Waals surface area contributed by atoms with E-state index in [1.165, 1.54) is 12.8 Å². The van der Waals surface area contributed by atoms with Crippen molar-refractivity contribution in [2.24, 2.45) is 5.92 Å². The number of hydrogen-bond acceptors (Lipinski definition) is 3. The standard InChI is InChI=1S/C15H21N3O3/c1-11-2-5-13(21-11)14(19)17-6-8-18(9-7-17)15(20)16-10-12-3-4-12/h2,5,12H,3-4,6-10H2,1H3,(H,16,20). The Morgan fingerprint density at radius 3 is 2.43 bits per heavy atom. The van der Waals surface area contributed by atoms with Gasteiger partial charge in [0.2, 0.25) is 0 Å². The Bertz CT molecular complexity index is 528. The zero-order chi connectivity index (χ0) is 14.8. The molecule has 6 nitrogen and oxygen atoms in total. The van der Waals surface area contributed by atoms with E-state index in [2.05, 4.69) is 5.32 Å². The van der Waals surface area contributed by atoms with Crippen molar-refractivity contribution in [2.75, 3.05) is 32.7 Å². The van der Waals surface area contributed by atoms with E-state index in [0.29, 0.717) is 37.9 Å². The Labute approximate surface area is 124 Å². The van der Waals surface area contributed by atoms with Crippen molar-refractivity contribution in [1.82, 2.24) is 15.1 Å². The minimum atomic E-state index is -0.0962. The first-order chi connectivity index (χ1) is 10.1. The van der Waals surface area contributed by atoms with Gasteiger partial charge in [0.25, 0.3) is 5.91 Å². The average molecular weight is 291 g/mol. The normalized spacial score (nSPS) is 18.7. The number of piperazine rings is 1. The molecule has 1 N–H and O–H groups in total. The Morgan fingerprint density at radius 1 is 1.19 bits per heavy atom. The molecule has 3 rings (SSSR count). The smallest absolute Gasteiger partial charge is 0.317 e. The van der Waals surface area contributed by atoms with Crippen LogP contribution in [0, 0.1) is 12.8 Å². The van der Waals surface area contributed by atoms with Gasteiger partial charge in [0.15, 0.2) is 5.76 Å². The van der Waals surface area contributed by atoms with Crippen molar-refractivity contribution < 1.29 is 14.0 Å². The fourth-order valence-electron chi connectivity index (χ4n) is 2.48. The zero-order valence-electron chi connectivity index (χ0n) is 12.3. The maximum Gasteiger partial charge on any atom is 0.317 e. The summed E-state index contributed by atoms with van der Waals surface area (Å²) in [5.74, 6) is 1.69. The van der Waals surface area contributed by atoms with Crippen LogP contribution < -0.4 is 5.32 Å². The number of nitrogens with one attached hydrogen (secondary N) is 1. The highest BCUT2D eigenvalue weighted by atomic mass is 16.3. The molecule has 1 saturated heterocycles. The number of aryl methyl sites for hydroxylation is 1. The fourth-order valence-corrected chi connectivity index (χ4v) is 2.48. The van der Waals surface area contributed by atoms with E-state index in [1.54, 1.807) is 21.9 Å². The third-order valence-corrected chi connectivity index (χ3v) is 4.04. The van der Waals surface area contributed by atoms with E-state index >= 15 is 0 Å². The topological polar surface area (TPSA) is 65.8 Å². The maximum atomic E-state index is 12.2. The molecule has 2 heterocycles. The Morgan fingerprint density at radius 2 is 1.86 bits per heavy atom. The first-order valence-electron chi connectivity index (χ1n) is 7.52. The molecule has 0 unspecified atom stereocenters. The lowest BCUT2D eigenvalue weighted by atomic mass is 10.3. The molecule has 1 saturated carbocycles. The minimum Gasteiger partial charge on any atom is -0.456 e. The second-order valence-electron chi connectivity index (χ2n) is 5.82. The van der Waals surface area contributed by atoms with Crippen LogP contribution in [0.25, 0.3) is 0 Å². The Balaban J connectivity index is 1.47. The summed E-state index contributed by atoms with van der Waals surface area (Å²) in [6.07, 6.45) is 2.45. The third kappa shape index (κ3) is 3.37. The van der Waals surface area contributed by atoms with E-state index in [0.717, 1.165) is 12.3 Å². The number of rotatable bonds is 3. The summed E-state index contributed by atoms with van der Waals surface area (Å²) in [6.45, 7) is 4.84. The first kappa shape index (κ1) is 14.0. The van der Waals surface area contributed by atoms with Crippen molar-refractivity contribution in [3.63, 3.8) is 0 Å². The maximum absolute atomic E-state index is 12.2. The van der Waals surface area contributed by atoms with Crippen molar-refractivity contribution >= 4 is 11.9 Å². The van der Waals surface area contributed by atoms with Crippen LogP contribution in [-0.2, 0) is 0 Å². The quantitative estimate of drug-likeness (QED) is 0.917. The summed E-state index contributed by atoms with van der Waals surface area (Å²) in [4.78, 5) is 27.7. The van der Waals surface area contributed by atoms with E-state index in [9.17, 15) is 9.59 Å². The summed E-state index contributed by atoms with van der Waals surface area (Å²) < 4.78 is 5.36. The molecule has 1 aliphatic heterocycles. The molecular formula is C15H21N3O3. The summed E-state index contributed by atoms with van der Waals surface area (Å²) in [6, 6.07) is 3.48. The molecule has 2 fully saturated rings. The number of carbonyl (C=O) groups excluding carboxylic acids is 2. The summed E-state index contributed by atoms with van der Waals surface area (Å²) in [5, 5.41) is 2.96. The van der Waals surface area contributed by atoms with E-state index < -0.39 is 0 Å². The van der Waals surface area contributed by atoms with Gasteiger partial charge in [-0.2, -0.15) is 0 Å². The monoisotopic (exact) mass is 291 g/mol. The van der Waals surface area contributed by atoms with Crippen LogP contribution in [0.3, 0.4) is 0 Å². The van der Waals surface area contributed by atoms with Gasteiger partial charge in [-0.25, -0.2) is 4.79 Å². The van der Waals surface area contributed by atoms with Gasteiger partial charge in [-0.05, 0) is 37.8 Å². The highest BCUT2D eigenvalue weighted by Gasteiger charge is 2.27. The van der Waals surface area contributed by atoms with Crippen LogP contribution >= 0.6 is 0 Å². The van der Waals surface area contributed by atoms with Crippen LogP contribution in [0.2, 0.25) is 0 Å². The van der Waals surface area contributed by atoms with Crippen LogP contribution in [0.1, 0.15) is 29.2 Å².